The summed E-state index contributed by atoms with van der Waals surface area (Å²) in [6.45, 7) is 4.41. The molecule has 0 atom stereocenters. The summed E-state index contributed by atoms with van der Waals surface area (Å²) >= 11 is 0. The molecule has 0 aliphatic heterocycles. The van der Waals surface area contributed by atoms with Crippen molar-refractivity contribution in [1.29, 1.82) is 0 Å². The van der Waals surface area contributed by atoms with Crippen LogP contribution in [0.25, 0.3) is 6.08 Å². The fourth-order valence-corrected chi connectivity index (χ4v) is 2.80. The third kappa shape index (κ3) is 3.72. The van der Waals surface area contributed by atoms with Crippen LogP contribution in [0.4, 0.5) is 0 Å². The summed E-state index contributed by atoms with van der Waals surface area (Å²) in [5.41, 5.74) is 6.12. The smallest absolute Gasteiger partial charge is 0.0827 e. The van der Waals surface area contributed by atoms with E-state index in [1.165, 1.54) is 41.5 Å². The maximum Gasteiger partial charge on any atom is 0.0827 e. The van der Waals surface area contributed by atoms with Gasteiger partial charge in [0.1, 0.15) is 0 Å². The number of benzene rings is 1. The summed E-state index contributed by atoms with van der Waals surface area (Å²) in [5.74, 6) is 0. The normalized spacial score (nSPS) is 19.7. The average Bonchev–Trinajstić information content (AvgIpc) is 2.48. The third-order valence-corrected chi connectivity index (χ3v) is 4.11. The van der Waals surface area contributed by atoms with Gasteiger partial charge in [-0.1, -0.05) is 36.7 Å². The van der Waals surface area contributed by atoms with Crippen molar-refractivity contribution in [2.75, 3.05) is 0 Å². The van der Waals surface area contributed by atoms with Gasteiger partial charge in [-0.15, -0.1) is 0 Å². The topological polar surface area (TPSA) is 32.6 Å². The molecule has 1 aromatic carbocycles. The second-order valence-electron chi connectivity index (χ2n) is 5.71. The Hall–Kier alpha value is -1.57. The van der Waals surface area contributed by atoms with Crippen LogP contribution in [0.5, 0.6) is 0 Å². The molecule has 2 rings (SSSR count). The Kier molecular flexibility index (Phi) is 5.40. The molecule has 0 spiro atoms. The quantitative estimate of drug-likeness (QED) is 0.598. The predicted molar refractivity (Wildman–Crippen MR) is 85.5 cm³/mol. The third-order valence-electron chi connectivity index (χ3n) is 4.11. The SMILES string of the molecule is CCCCc1cc(/C=C2\CCCC\C2=N/O)ccc1C. The number of unbranched alkanes of at least 4 members (excludes halogenated alkanes) is 1. The highest BCUT2D eigenvalue weighted by Gasteiger charge is 2.13. The first-order valence-corrected chi connectivity index (χ1v) is 7.76. The highest BCUT2D eigenvalue weighted by Crippen LogP contribution is 2.24. The van der Waals surface area contributed by atoms with Gasteiger partial charge in [-0.05, 0) is 73.8 Å². The molecule has 1 saturated carbocycles. The van der Waals surface area contributed by atoms with E-state index in [1.54, 1.807) is 0 Å². The fraction of sp³-hybridized carbons (Fsp3) is 0.500. The molecule has 0 unspecified atom stereocenters. The van der Waals surface area contributed by atoms with Crippen LogP contribution in [0.2, 0.25) is 0 Å². The van der Waals surface area contributed by atoms with Crippen molar-refractivity contribution in [3.8, 4) is 0 Å². The van der Waals surface area contributed by atoms with E-state index in [0.29, 0.717) is 0 Å². The van der Waals surface area contributed by atoms with Gasteiger partial charge in [0.2, 0.25) is 0 Å². The van der Waals surface area contributed by atoms with Gasteiger partial charge in [0, 0.05) is 0 Å². The number of nitrogens with zero attached hydrogens (tertiary/aromatic N) is 1. The summed E-state index contributed by atoms with van der Waals surface area (Å²) < 4.78 is 0. The predicted octanol–water partition coefficient (Wildman–Crippen LogP) is 5.13. The van der Waals surface area contributed by atoms with E-state index in [1.807, 2.05) is 0 Å². The minimum absolute atomic E-state index is 0.868. The standard InChI is InChI=1S/C18H25NO/c1-3-4-7-16-12-15(11-10-14(16)2)13-17-8-5-6-9-18(17)19-20/h10-13,20H,3-9H2,1-2H3/b17-13+,19-18+. The summed E-state index contributed by atoms with van der Waals surface area (Å²) in [6, 6.07) is 6.67. The number of oxime groups is 1. The first-order chi connectivity index (χ1) is 9.74. The first-order valence-electron chi connectivity index (χ1n) is 7.76. The fourth-order valence-electron chi connectivity index (χ4n) is 2.80. The number of hydrogen-bond acceptors (Lipinski definition) is 2. The molecular weight excluding hydrogens is 246 g/mol. The van der Waals surface area contributed by atoms with Crippen LogP contribution in [0.3, 0.4) is 0 Å². The molecule has 108 valence electrons. The average molecular weight is 271 g/mol. The Balaban J connectivity index is 2.24. The largest absolute Gasteiger partial charge is 0.411 e. The van der Waals surface area contributed by atoms with Crippen LogP contribution in [-0.4, -0.2) is 10.9 Å². The van der Waals surface area contributed by atoms with Crippen molar-refractivity contribution in [3.63, 3.8) is 0 Å². The molecule has 1 aromatic rings. The van der Waals surface area contributed by atoms with Crippen LogP contribution >= 0.6 is 0 Å². The van der Waals surface area contributed by atoms with Gasteiger partial charge in [0.15, 0.2) is 0 Å². The molecule has 0 radical (unpaired) electrons. The molecule has 0 heterocycles. The lowest BCUT2D eigenvalue weighted by Crippen LogP contribution is -2.08. The zero-order chi connectivity index (χ0) is 14.4. The van der Waals surface area contributed by atoms with Gasteiger partial charge in [0.05, 0.1) is 5.71 Å². The molecule has 0 amide bonds. The first kappa shape index (κ1) is 14.8. The van der Waals surface area contributed by atoms with Gasteiger partial charge in [0.25, 0.3) is 0 Å². The Bertz CT molecular complexity index is 514. The Morgan fingerprint density at radius 3 is 2.80 bits per heavy atom. The van der Waals surface area contributed by atoms with Crippen LogP contribution in [0.1, 0.15) is 62.1 Å². The van der Waals surface area contributed by atoms with Crippen LogP contribution in [-0.2, 0) is 6.42 Å². The van der Waals surface area contributed by atoms with Gasteiger partial charge < -0.3 is 5.21 Å². The van der Waals surface area contributed by atoms with Gasteiger partial charge >= 0.3 is 0 Å². The molecule has 1 aliphatic rings. The number of aryl methyl sites for hydroxylation is 2. The minimum Gasteiger partial charge on any atom is -0.411 e. The van der Waals surface area contributed by atoms with Crippen molar-refractivity contribution in [2.24, 2.45) is 5.16 Å². The van der Waals surface area contributed by atoms with E-state index < -0.39 is 0 Å². The maximum atomic E-state index is 9.10. The number of allylic oxidation sites excluding steroid dienone is 1. The second kappa shape index (κ2) is 7.28. The van der Waals surface area contributed by atoms with Gasteiger partial charge in [-0.25, -0.2) is 0 Å². The van der Waals surface area contributed by atoms with E-state index >= 15 is 0 Å². The second-order valence-corrected chi connectivity index (χ2v) is 5.71. The van der Waals surface area contributed by atoms with E-state index in [-0.39, 0.29) is 0 Å². The molecule has 0 saturated heterocycles. The van der Waals surface area contributed by atoms with Crippen molar-refractivity contribution in [3.05, 3.63) is 40.5 Å². The van der Waals surface area contributed by atoms with Crippen LogP contribution in [0.15, 0.2) is 28.9 Å². The van der Waals surface area contributed by atoms with E-state index in [0.717, 1.165) is 31.4 Å². The van der Waals surface area contributed by atoms with Crippen LogP contribution in [0, 0.1) is 6.92 Å². The lowest BCUT2D eigenvalue weighted by Gasteiger charge is -2.15. The van der Waals surface area contributed by atoms with Crippen LogP contribution < -0.4 is 0 Å². The maximum absolute atomic E-state index is 9.10. The van der Waals surface area contributed by atoms with E-state index in [4.69, 9.17) is 5.21 Å². The van der Waals surface area contributed by atoms with Crippen molar-refractivity contribution in [2.45, 2.75) is 58.8 Å². The molecule has 1 fully saturated rings. The Morgan fingerprint density at radius 2 is 2.05 bits per heavy atom. The summed E-state index contributed by atoms with van der Waals surface area (Å²) in [7, 11) is 0. The summed E-state index contributed by atoms with van der Waals surface area (Å²) in [5, 5.41) is 12.6. The van der Waals surface area contributed by atoms with E-state index in [9.17, 15) is 0 Å². The molecule has 20 heavy (non-hydrogen) atoms. The minimum atomic E-state index is 0.868. The molecule has 0 bridgehead atoms. The molecule has 1 aliphatic carbocycles. The lowest BCUT2D eigenvalue weighted by atomic mass is 9.90. The lowest BCUT2D eigenvalue weighted by molar-refractivity contribution is 0.316. The zero-order valence-electron chi connectivity index (χ0n) is 12.7. The molecule has 2 heteroatoms. The summed E-state index contributed by atoms with van der Waals surface area (Å²) in [4.78, 5) is 0. The molecular formula is C18H25NO. The monoisotopic (exact) mass is 271 g/mol. The summed E-state index contributed by atoms with van der Waals surface area (Å²) in [6.07, 6.45) is 10.1. The molecule has 1 N–H and O–H groups in total. The number of rotatable bonds is 4. The van der Waals surface area contributed by atoms with Crippen molar-refractivity contribution < 1.29 is 5.21 Å². The molecule has 0 aromatic heterocycles. The van der Waals surface area contributed by atoms with Crippen molar-refractivity contribution in [1.82, 2.24) is 0 Å². The Labute approximate surface area is 122 Å². The zero-order valence-corrected chi connectivity index (χ0v) is 12.7. The van der Waals surface area contributed by atoms with Gasteiger partial charge in [-0.3, -0.25) is 0 Å². The van der Waals surface area contributed by atoms with Crippen molar-refractivity contribution >= 4 is 11.8 Å². The van der Waals surface area contributed by atoms with Gasteiger partial charge in [-0.2, -0.15) is 0 Å². The van der Waals surface area contributed by atoms with E-state index in [2.05, 4.69) is 43.3 Å². The highest BCUT2D eigenvalue weighted by atomic mass is 16.4. The molecule has 2 nitrogen and oxygen atoms in total. The number of hydrogen-bond donors (Lipinski definition) is 1. The highest BCUT2D eigenvalue weighted by molar-refractivity contribution is 6.03. The Morgan fingerprint density at radius 1 is 1.25 bits per heavy atom.